The molecular weight excluding hydrogens is 316 g/mol. The topological polar surface area (TPSA) is 67.4 Å². The van der Waals surface area contributed by atoms with E-state index in [9.17, 15) is 4.79 Å². The van der Waals surface area contributed by atoms with Gasteiger partial charge in [0.05, 0.1) is 18.8 Å². The number of methoxy groups -OCH3 is 1. The highest BCUT2D eigenvalue weighted by molar-refractivity contribution is 5.81. The molecule has 0 saturated carbocycles. The van der Waals surface area contributed by atoms with E-state index in [1.54, 1.807) is 13.4 Å². The lowest BCUT2D eigenvalue weighted by Crippen LogP contribution is -2.47. The largest absolute Gasteiger partial charge is 0.481 e. The van der Waals surface area contributed by atoms with E-state index in [2.05, 4.69) is 26.3 Å². The van der Waals surface area contributed by atoms with Crippen molar-refractivity contribution >= 4 is 5.91 Å². The molecule has 1 aliphatic heterocycles. The number of carbonyl (C=O) groups excluding carboxylic acids is 1. The first kappa shape index (κ1) is 17.9. The third kappa shape index (κ3) is 4.37. The molecule has 136 valence electrons. The lowest BCUT2D eigenvalue weighted by molar-refractivity contribution is -0.126. The minimum atomic E-state index is -0.168. The second-order valence-corrected chi connectivity index (χ2v) is 6.85. The fourth-order valence-electron chi connectivity index (χ4n) is 3.63. The van der Waals surface area contributed by atoms with Crippen molar-refractivity contribution in [3.05, 3.63) is 29.2 Å². The van der Waals surface area contributed by atoms with Crippen LogP contribution in [0.15, 0.2) is 18.0 Å². The maximum Gasteiger partial charge on any atom is 0.237 e. The lowest BCUT2D eigenvalue weighted by atomic mass is 9.97. The van der Waals surface area contributed by atoms with E-state index >= 15 is 0 Å². The van der Waals surface area contributed by atoms with Crippen LogP contribution in [0.25, 0.3) is 0 Å². The molecule has 1 aromatic rings. The number of hydrogen-bond acceptors (Lipinski definition) is 5. The zero-order chi connectivity index (χ0) is 17.6. The standard InChI is InChI=1S/C19H28N4O2/c1-14(18(24)20-10-8-15-6-4-3-5-7-15)23-11-9-17-16(12-23)19(25-2)22-13-21-17/h6,13-14H,3-5,7-12H2,1-2H3,(H,20,24). The molecule has 0 saturated heterocycles. The first-order valence-electron chi connectivity index (χ1n) is 9.25. The average Bonchev–Trinajstić information content (AvgIpc) is 2.67. The number of carbonyl (C=O) groups is 1. The van der Waals surface area contributed by atoms with Crippen molar-refractivity contribution in [2.24, 2.45) is 0 Å². The molecule has 1 atom stereocenters. The molecule has 0 aromatic carbocycles. The van der Waals surface area contributed by atoms with E-state index in [0.717, 1.165) is 37.2 Å². The van der Waals surface area contributed by atoms with Crippen LogP contribution in [0.1, 0.15) is 50.3 Å². The quantitative estimate of drug-likeness (QED) is 0.802. The number of nitrogens with zero attached hydrogens (tertiary/aromatic N) is 3. The van der Waals surface area contributed by atoms with Crippen molar-refractivity contribution in [3.8, 4) is 5.88 Å². The Bertz CT molecular complexity index is 630. The molecule has 0 fully saturated rings. The van der Waals surface area contributed by atoms with Crippen LogP contribution in [-0.2, 0) is 17.8 Å². The van der Waals surface area contributed by atoms with Gasteiger partial charge in [-0.25, -0.2) is 9.97 Å². The van der Waals surface area contributed by atoms with E-state index in [0.29, 0.717) is 12.4 Å². The van der Waals surface area contributed by atoms with E-state index in [1.165, 1.54) is 31.3 Å². The normalized spacial score (nSPS) is 18.9. The van der Waals surface area contributed by atoms with E-state index < -0.39 is 0 Å². The monoisotopic (exact) mass is 344 g/mol. The number of hydrogen-bond donors (Lipinski definition) is 1. The zero-order valence-corrected chi connectivity index (χ0v) is 15.3. The summed E-state index contributed by atoms with van der Waals surface area (Å²) in [5.74, 6) is 0.710. The second kappa shape index (κ2) is 8.43. The van der Waals surface area contributed by atoms with Crippen molar-refractivity contribution in [2.75, 3.05) is 20.2 Å². The molecule has 1 unspecified atom stereocenters. The molecule has 2 heterocycles. The van der Waals surface area contributed by atoms with Gasteiger partial charge in [-0.1, -0.05) is 11.6 Å². The summed E-state index contributed by atoms with van der Waals surface area (Å²) in [5.41, 5.74) is 3.52. The molecule has 1 N–H and O–H groups in total. The third-order valence-corrected chi connectivity index (χ3v) is 5.24. The van der Waals surface area contributed by atoms with Crippen molar-refractivity contribution in [3.63, 3.8) is 0 Å². The lowest BCUT2D eigenvalue weighted by Gasteiger charge is -2.32. The van der Waals surface area contributed by atoms with E-state index in [-0.39, 0.29) is 11.9 Å². The molecule has 2 aliphatic rings. The van der Waals surface area contributed by atoms with Crippen molar-refractivity contribution in [1.82, 2.24) is 20.2 Å². The summed E-state index contributed by atoms with van der Waals surface area (Å²) in [6.07, 6.45) is 10.6. The molecule has 0 spiro atoms. The van der Waals surface area contributed by atoms with Gasteiger partial charge in [-0.05, 0) is 39.0 Å². The maximum absolute atomic E-state index is 12.5. The Morgan fingerprint density at radius 3 is 3.00 bits per heavy atom. The Morgan fingerprint density at radius 2 is 2.24 bits per heavy atom. The Kier molecular flexibility index (Phi) is 6.02. The predicted molar refractivity (Wildman–Crippen MR) is 96.3 cm³/mol. The predicted octanol–water partition coefficient (Wildman–Crippen LogP) is 2.24. The Hall–Kier alpha value is -1.95. The zero-order valence-electron chi connectivity index (χ0n) is 15.3. The molecule has 0 bridgehead atoms. The molecule has 1 aromatic heterocycles. The molecule has 6 nitrogen and oxygen atoms in total. The number of ether oxygens (including phenoxy) is 1. The smallest absolute Gasteiger partial charge is 0.237 e. The van der Waals surface area contributed by atoms with Gasteiger partial charge in [-0.15, -0.1) is 0 Å². The van der Waals surface area contributed by atoms with Crippen LogP contribution < -0.4 is 10.1 Å². The van der Waals surface area contributed by atoms with Crippen LogP contribution in [0.4, 0.5) is 0 Å². The molecule has 1 amide bonds. The van der Waals surface area contributed by atoms with Gasteiger partial charge in [0.15, 0.2) is 0 Å². The van der Waals surface area contributed by atoms with Crippen LogP contribution in [0.2, 0.25) is 0 Å². The molecule has 25 heavy (non-hydrogen) atoms. The van der Waals surface area contributed by atoms with Gasteiger partial charge in [0.2, 0.25) is 11.8 Å². The minimum Gasteiger partial charge on any atom is -0.481 e. The van der Waals surface area contributed by atoms with Gasteiger partial charge >= 0.3 is 0 Å². The van der Waals surface area contributed by atoms with Crippen LogP contribution >= 0.6 is 0 Å². The molecule has 1 aliphatic carbocycles. The average molecular weight is 344 g/mol. The molecule has 3 rings (SSSR count). The number of allylic oxidation sites excluding steroid dienone is 1. The highest BCUT2D eigenvalue weighted by Gasteiger charge is 2.28. The Labute approximate surface area is 149 Å². The summed E-state index contributed by atoms with van der Waals surface area (Å²) >= 11 is 0. The third-order valence-electron chi connectivity index (χ3n) is 5.24. The van der Waals surface area contributed by atoms with Gasteiger partial charge in [0.1, 0.15) is 6.33 Å². The Morgan fingerprint density at radius 1 is 1.36 bits per heavy atom. The van der Waals surface area contributed by atoms with Gasteiger partial charge in [0.25, 0.3) is 0 Å². The molecule has 6 heteroatoms. The number of amides is 1. The summed E-state index contributed by atoms with van der Waals surface area (Å²) in [6.45, 7) is 4.17. The first-order chi connectivity index (χ1) is 12.2. The summed E-state index contributed by atoms with van der Waals surface area (Å²) in [4.78, 5) is 23.2. The fraction of sp³-hybridized carbons (Fsp3) is 0.632. The van der Waals surface area contributed by atoms with Crippen LogP contribution in [-0.4, -0.2) is 47.0 Å². The summed E-state index contributed by atoms with van der Waals surface area (Å²) in [7, 11) is 1.62. The van der Waals surface area contributed by atoms with E-state index in [1.807, 2.05) is 6.92 Å². The van der Waals surface area contributed by atoms with Gasteiger partial charge < -0.3 is 10.1 Å². The molecular formula is C19H28N4O2. The van der Waals surface area contributed by atoms with Crippen molar-refractivity contribution in [2.45, 2.75) is 58.0 Å². The number of aromatic nitrogens is 2. The number of rotatable bonds is 6. The van der Waals surface area contributed by atoms with Gasteiger partial charge in [0, 0.05) is 31.6 Å². The minimum absolute atomic E-state index is 0.0932. The van der Waals surface area contributed by atoms with Crippen LogP contribution in [0, 0.1) is 0 Å². The first-order valence-corrected chi connectivity index (χ1v) is 9.25. The van der Waals surface area contributed by atoms with Gasteiger partial charge in [-0.3, -0.25) is 9.69 Å². The second-order valence-electron chi connectivity index (χ2n) is 6.85. The number of nitrogens with one attached hydrogen (secondary N) is 1. The number of fused-ring (bicyclic) bond motifs is 1. The Balaban J connectivity index is 1.53. The summed E-state index contributed by atoms with van der Waals surface area (Å²) in [6, 6.07) is -0.168. The summed E-state index contributed by atoms with van der Waals surface area (Å²) in [5, 5.41) is 3.10. The highest BCUT2D eigenvalue weighted by Crippen LogP contribution is 2.25. The van der Waals surface area contributed by atoms with Crippen LogP contribution in [0.5, 0.6) is 5.88 Å². The highest BCUT2D eigenvalue weighted by atomic mass is 16.5. The van der Waals surface area contributed by atoms with Crippen LogP contribution in [0.3, 0.4) is 0 Å². The van der Waals surface area contributed by atoms with Crippen molar-refractivity contribution < 1.29 is 9.53 Å². The SMILES string of the molecule is COc1ncnc2c1CN(C(C)C(=O)NCCC1=CCCCC1)CC2. The fourth-order valence-corrected chi connectivity index (χ4v) is 3.63. The summed E-state index contributed by atoms with van der Waals surface area (Å²) < 4.78 is 5.35. The maximum atomic E-state index is 12.5. The van der Waals surface area contributed by atoms with Gasteiger partial charge in [-0.2, -0.15) is 0 Å². The molecule has 0 radical (unpaired) electrons. The van der Waals surface area contributed by atoms with E-state index in [4.69, 9.17) is 4.74 Å². The van der Waals surface area contributed by atoms with Crippen molar-refractivity contribution in [1.29, 1.82) is 0 Å².